The topological polar surface area (TPSA) is 94.7 Å². The van der Waals surface area contributed by atoms with Gasteiger partial charge in [-0.1, -0.05) is 11.6 Å². The molecular weight excluding hydrogens is 386 g/mol. The van der Waals surface area contributed by atoms with Gasteiger partial charge in [-0.05, 0) is 57.0 Å². The largest absolute Gasteiger partial charge is 0.482 e. The molecule has 2 rings (SSSR count). The summed E-state index contributed by atoms with van der Waals surface area (Å²) in [7, 11) is 0. The standard InChI is InChI=1S/C20H22ClNO6/c1-5-26-20(25)18-12(3)19(22-13(18)4)15(23)9-28-17(24)10-27-16-7-6-14(21)8-11(16)2/h6-8,22H,5,9-10H2,1-4H3. The van der Waals surface area contributed by atoms with Crippen molar-refractivity contribution in [2.75, 3.05) is 19.8 Å². The average molecular weight is 408 g/mol. The lowest BCUT2D eigenvalue weighted by Gasteiger charge is -2.09. The number of ether oxygens (including phenoxy) is 3. The molecule has 0 fully saturated rings. The quantitative estimate of drug-likeness (QED) is 0.531. The molecule has 1 aromatic heterocycles. The van der Waals surface area contributed by atoms with Crippen LogP contribution in [0.25, 0.3) is 0 Å². The molecule has 7 nitrogen and oxygen atoms in total. The molecule has 2 aromatic rings. The third kappa shape index (κ3) is 5.13. The van der Waals surface area contributed by atoms with E-state index in [0.29, 0.717) is 27.6 Å². The summed E-state index contributed by atoms with van der Waals surface area (Å²) in [4.78, 5) is 39.1. The van der Waals surface area contributed by atoms with E-state index in [9.17, 15) is 14.4 Å². The van der Waals surface area contributed by atoms with Gasteiger partial charge in [0.15, 0.2) is 13.2 Å². The van der Waals surface area contributed by atoms with Crippen LogP contribution in [0.4, 0.5) is 0 Å². The second-order valence-corrected chi connectivity index (χ2v) is 6.56. The van der Waals surface area contributed by atoms with Gasteiger partial charge in [0.25, 0.3) is 0 Å². The number of rotatable bonds is 8. The predicted molar refractivity (Wildman–Crippen MR) is 103 cm³/mol. The van der Waals surface area contributed by atoms with Crippen LogP contribution in [0.3, 0.4) is 0 Å². The van der Waals surface area contributed by atoms with E-state index in [1.807, 2.05) is 0 Å². The van der Waals surface area contributed by atoms with Crippen LogP contribution in [-0.2, 0) is 14.3 Å². The van der Waals surface area contributed by atoms with Crippen LogP contribution in [0.5, 0.6) is 5.75 Å². The highest BCUT2D eigenvalue weighted by molar-refractivity contribution is 6.30. The van der Waals surface area contributed by atoms with Crippen LogP contribution in [-0.4, -0.2) is 42.5 Å². The van der Waals surface area contributed by atoms with Crippen molar-refractivity contribution >= 4 is 29.3 Å². The number of aromatic nitrogens is 1. The summed E-state index contributed by atoms with van der Waals surface area (Å²) in [5, 5.41) is 0.567. The maximum Gasteiger partial charge on any atom is 0.344 e. The van der Waals surface area contributed by atoms with Gasteiger partial charge in [0.05, 0.1) is 17.9 Å². The number of carbonyl (C=O) groups excluding carboxylic acids is 3. The Kier molecular flexibility index (Phi) is 7.23. The first-order chi connectivity index (χ1) is 13.2. The van der Waals surface area contributed by atoms with Crippen molar-refractivity contribution in [3.05, 3.63) is 51.3 Å². The molecule has 1 heterocycles. The molecule has 1 N–H and O–H groups in total. The minimum Gasteiger partial charge on any atom is -0.482 e. The fourth-order valence-corrected chi connectivity index (χ4v) is 2.94. The molecule has 0 radical (unpaired) electrons. The number of esters is 2. The molecule has 8 heteroatoms. The molecule has 0 bridgehead atoms. The Labute approximate surface area is 167 Å². The zero-order valence-corrected chi connectivity index (χ0v) is 16.9. The molecule has 150 valence electrons. The summed E-state index contributed by atoms with van der Waals surface area (Å²) >= 11 is 5.87. The molecule has 0 saturated carbocycles. The van der Waals surface area contributed by atoms with E-state index in [-0.39, 0.29) is 18.9 Å². The van der Waals surface area contributed by atoms with Gasteiger partial charge in [0.2, 0.25) is 5.78 Å². The molecule has 0 aliphatic carbocycles. The van der Waals surface area contributed by atoms with Gasteiger partial charge in [0, 0.05) is 10.7 Å². The number of hydrogen-bond acceptors (Lipinski definition) is 6. The highest BCUT2D eigenvalue weighted by atomic mass is 35.5. The summed E-state index contributed by atoms with van der Waals surface area (Å²) in [6.07, 6.45) is 0. The highest BCUT2D eigenvalue weighted by Crippen LogP contribution is 2.22. The number of aromatic amines is 1. The van der Waals surface area contributed by atoms with E-state index in [1.54, 1.807) is 45.9 Å². The van der Waals surface area contributed by atoms with Crippen molar-refractivity contribution in [1.29, 1.82) is 0 Å². The van der Waals surface area contributed by atoms with Crippen molar-refractivity contribution < 1.29 is 28.6 Å². The summed E-state index contributed by atoms with van der Waals surface area (Å²) < 4.78 is 15.4. The molecule has 0 aliphatic rings. The number of H-pyrrole nitrogens is 1. The number of nitrogens with one attached hydrogen (secondary N) is 1. The molecule has 0 atom stereocenters. The second-order valence-electron chi connectivity index (χ2n) is 6.13. The highest BCUT2D eigenvalue weighted by Gasteiger charge is 2.23. The van der Waals surface area contributed by atoms with Crippen molar-refractivity contribution in [1.82, 2.24) is 4.98 Å². The van der Waals surface area contributed by atoms with Crippen LogP contribution < -0.4 is 4.74 Å². The lowest BCUT2D eigenvalue weighted by Crippen LogP contribution is -2.20. The number of ketones is 1. The van der Waals surface area contributed by atoms with Crippen LogP contribution in [0.2, 0.25) is 5.02 Å². The van der Waals surface area contributed by atoms with Gasteiger partial charge in [0.1, 0.15) is 5.75 Å². The van der Waals surface area contributed by atoms with E-state index < -0.39 is 24.3 Å². The first-order valence-corrected chi connectivity index (χ1v) is 9.06. The van der Waals surface area contributed by atoms with Gasteiger partial charge < -0.3 is 19.2 Å². The van der Waals surface area contributed by atoms with Crippen molar-refractivity contribution in [3.63, 3.8) is 0 Å². The Bertz CT molecular complexity index is 902. The van der Waals surface area contributed by atoms with Crippen LogP contribution in [0, 0.1) is 20.8 Å². The molecule has 0 spiro atoms. The fourth-order valence-electron chi connectivity index (χ4n) is 2.71. The molecule has 0 saturated heterocycles. The average Bonchev–Trinajstić information content (AvgIpc) is 2.93. The van der Waals surface area contributed by atoms with E-state index in [2.05, 4.69) is 4.98 Å². The summed E-state index contributed by atoms with van der Waals surface area (Å²) in [6, 6.07) is 5.01. The molecule has 0 aliphatic heterocycles. The maximum atomic E-state index is 12.4. The molecule has 1 aromatic carbocycles. The number of benzene rings is 1. The lowest BCUT2D eigenvalue weighted by atomic mass is 10.1. The van der Waals surface area contributed by atoms with E-state index in [4.69, 9.17) is 25.8 Å². The number of hydrogen-bond donors (Lipinski definition) is 1. The Morgan fingerprint density at radius 2 is 1.79 bits per heavy atom. The summed E-state index contributed by atoms with van der Waals surface area (Å²) in [6.45, 7) is 6.23. The maximum absolute atomic E-state index is 12.4. The third-order valence-corrected chi connectivity index (χ3v) is 4.28. The van der Waals surface area contributed by atoms with E-state index >= 15 is 0 Å². The lowest BCUT2D eigenvalue weighted by molar-refractivity contribution is -0.144. The molecule has 0 amide bonds. The van der Waals surface area contributed by atoms with Gasteiger partial charge in [-0.15, -0.1) is 0 Å². The van der Waals surface area contributed by atoms with E-state index in [0.717, 1.165) is 5.56 Å². The minimum absolute atomic E-state index is 0.211. The summed E-state index contributed by atoms with van der Waals surface area (Å²) in [5.41, 5.74) is 2.29. The van der Waals surface area contributed by atoms with Crippen molar-refractivity contribution in [2.24, 2.45) is 0 Å². The number of carbonyl (C=O) groups is 3. The van der Waals surface area contributed by atoms with E-state index in [1.165, 1.54) is 0 Å². The van der Waals surface area contributed by atoms with Gasteiger partial charge in [-0.25, -0.2) is 9.59 Å². The van der Waals surface area contributed by atoms with Gasteiger partial charge >= 0.3 is 11.9 Å². The smallest absolute Gasteiger partial charge is 0.344 e. The van der Waals surface area contributed by atoms with Crippen LogP contribution >= 0.6 is 11.6 Å². The molecular formula is C20H22ClNO6. The summed E-state index contributed by atoms with van der Waals surface area (Å²) in [5.74, 6) is -1.14. The minimum atomic E-state index is -0.686. The third-order valence-electron chi connectivity index (χ3n) is 4.04. The monoisotopic (exact) mass is 407 g/mol. The Balaban J connectivity index is 1.94. The predicted octanol–water partition coefficient (Wildman–Crippen LogP) is 3.57. The van der Waals surface area contributed by atoms with Crippen LogP contribution in [0.15, 0.2) is 18.2 Å². The Morgan fingerprint density at radius 3 is 2.43 bits per heavy atom. The van der Waals surface area contributed by atoms with Gasteiger partial charge in [-0.2, -0.15) is 0 Å². The van der Waals surface area contributed by atoms with Crippen molar-refractivity contribution in [3.8, 4) is 5.75 Å². The number of halogens is 1. The number of aryl methyl sites for hydroxylation is 2. The first-order valence-electron chi connectivity index (χ1n) is 8.68. The zero-order chi connectivity index (χ0) is 20.8. The fraction of sp³-hybridized carbons (Fsp3) is 0.350. The Morgan fingerprint density at radius 1 is 1.07 bits per heavy atom. The SMILES string of the molecule is CCOC(=O)c1c(C)[nH]c(C(=O)COC(=O)COc2ccc(Cl)cc2C)c1C. The van der Waals surface area contributed by atoms with Crippen LogP contribution in [0.1, 0.15) is 44.6 Å². The molecule has 28 heavy (non-hydrogen) atoms. The normalized spacial score (nSPS) is 10.5. The zero-order valence-electron chi connectivity index (χ0n) is 16.2. The number of Topliss-reactive ketones (excluding diaryl/α,β-unsaturated/α-hetero) is 1. The van der Waals surface area contributed by atoms with Crippen molar-refractivity contribution in [2.45, 2.75) is 27.7 Å². The molecule has 0 unspecified atom stereocenters. The van der Waals surface area contributed by atoms with Gasteiger partial charge in [-0.3, -0.25) is 4.79 Å². The Hall–Kier alpha value is -2.80. The first kappa shape index (κ1) is 21.5. The second kappa shape index (κ2) is 9.41.